The molecule has 126 valence electrons. The number of carboxylic acid groups (broad SMARTS) is 1. The standard InChI is InChI=1S/C18H18ClNO4/c1-10(2)11-4-6-12(7-5-11)17(21)20-15-9-13(18(22)23)8-14(19)16(15)24-3/h4-10H,1-3H3,(H,20,21)(H,22,23). The van der Waals surface area contributed by atoms with Crippen molar-refractivity contribution in [3.05, 3.63) is 58.1 Å². The molecule has 0 spiro atoms. The molecule has 0 aliphatic heterocycles. The van der Waals surface area contributed by atoms with E-state index in [1.54, 1.807) is 12.1 Å². The van der Waals surface area contributed by atoms with E-state index in [0.717, 1.165) is 5.56 Å². The van der Waals surface area contributed by atoms with Crippen LogP contribution in [0, 0.1) is 0 Å². The maximum atomic E-state index is 12.4. The van der Waals surface area contributed by atoms with E-state index in [-0.39, 0.29) is 27.9 Å². The lowest BCUT2D eigenvalue weighted by Gasteiger charge is -2.13. The highest BCUT2D eigenvalue weighted by Crippen LogP contribution is 2.34. The molecule has 0 aromatic heterocycles. The molecule has 0 aliphatic rings. The van der Waals surface area contributed by atoms with Gasteiger partial charge in [-0.1, -0.05) is 37.6 Å². The highest BCUT2D eigenvalue weighted by Gasteiger charge is 2.16. The van der Waals surface area contributed by atoms with Gasteiger partial charge in [-0.15, -0.1) is 0 Å². The zero-order valence-corrected chi connectivity index (χ0v) is 14.3. The van der Waals surface area contributed by atoms with Crippen molar-refractivity contribution in [2.75, 3.05) is 12.4 Å². The number of hydrogen-bond acceptors (Lipinski definition) is 3. The van der Waals surface area contributed by atoms with Gasteiger partial charge in [0, 0.05) is 5.56 Å². The summed E-state index contributed by atoms with van der Waals surface area (Å²) < 4.78 is 5.16. The van der Waals surface area contributed by atoms with Gasteiger partial charge >= 0.3 is 5.97 Å². The van der Waals surface area contributed by atoms with Gasteiger partial charge in [0.2, 0.25) is 0 Å². The molecule has 24 heavy (non-hydrogen) atoms. The van der Waals surface area contributed by atoms with Gasteiger partial charge in [-0.3, -0.25) is 4.79 Å². The average Bonchev–Trinajstić information content (AvgIpc) is 2.54. The summed E-state index contributed by atoms with van der Waals surface area (Å²) in [7, 11) is 1.40. The molecule has 0 heterocycles. The number of anilines is 1. The molecule has 0 saturated carbocycles. The fourth-order valence-electron chi connectivity index (χ4n) is 2.23. The van der Waals surface area contributed by atoms with Crippen molar-refractivity contribution in [1.29, 1.82) is 0 Å². The summed E-state index contributed by atoms with van der Waals surface area (Å²) in [6, 6.07) is 9.80. The van der Waals surface area contributed by atoms with Crippen molar-refractivity contribution in [2.24, 2.45) is 0 Å². The van der Waals surface area contributed by atoms with E-state index in [0.29, 0.717) is 11.5 Å². The monoisotopic (exact) mass is 347 g/mol. The Morgan fingerprint density at radius 1 is 1.12 bits per heavy atom. The number of halogens is 1. The number of benzene rings is 2. The molecule has 0 bridgehead atoms. The van der Waals surface area contributed by atoms with Crippen LogP contribution in [0.4, 0.5) is 5.69 Å². The largest absolute Gasteiger partial charge is 0.493 e. The zero-order valence-electron chi connectivity index (χ0n) is 13.6. The van der Waals surface area contributed by atoms with E-state index >= 15 is 0 Å². The first-order chi connectivity index (χ1) is 11.3. The number of hydrogen-bond donors (Lipinski definition) is 2. The molecule has 0 aliphatic carbocycles. The Balaban J connectivity index is 2.32. The fourth-order valence-corrected chi connectivity index (χ4v) is 2.53. The third-order valence-electron chi connectivity index (χ3n) is 3.58. The summed E-state index contributed by atoms with van der Waals surface area (Å²) >= 11 is 6.02. The number of ether oxygens (including phenoxy) is 1. The first-order valence-corrected chi connectivity index (χ1v) is 7.73. The topological polar surface area (TPSA) is 75.6 Å². The molecule has 1 amide bonds. The molecule has 2 aromatic rings. The maximum Gasteiger partial charge on any atom is 0.335 e. The van der Waals surface area contributed by atoms with E-state index in [4.69, 9.17) is 21.4 Å². The van der Waals surface area contributed by atoms with Crippen molar-refractivity contribution < 1.29 is 19.4 Å². The van der Waals surface area contributed by atoms with Gasteiger partial charge in [0.1, 0.15) is 0 Å². The van der Waals surface area contributed by atoms with Crippen LogP contribution in [0.1, 0.15) is 46.0 Å². The molecular weight excluding hydrogens is 330 g/mol. The predicted molar refractivity (Wildman–Crippen MR) is 93.4 cm³/mol. The van der Waals surface area contributed by atoms with Gasteiger partial charge in [0.05, 0.1) is 23.4 Å². The van der Waals surface area contributed by atoms with Crippen LogP contribution in [-0.4, -0.2) is 24.1 Å². The average molecular weight is 348 g/mol. The fraction of sp³-hybridized carbons (Fsp3) is 0.222. The predicted octanol–water partition coefficient (Wildman–Crippen LogP) is 4.42. The third kappa shape index (κ3) is 3.86. The van der Waals surface area contributed by atoms with Crippen molar-refractivity contribution >= 4 is 29.2 Å². The molecule has 0 unspecified atom stereocenters. The SMILES string of the molecule is COc1c(Cl)cc(C(=O)O)cc1NC(=O)c1ccc(C(C)C)cc1. The molecular formula is C18H18ClNO4. The van der Waals surface area contributed by atoms with Crippen LogP contribution in [0.15, 0.2) is 36.4 Å². The lowest BCUT2D eigenvalue weighted by atomic mass is 10.0. The first kappa shape index (κ1) is 17.8. The molecule has 0 atom stereocenters. The van der Waals surface area contributed by atoms with Gasteiger partial charge in [0.25, 0.3) is 5.91 Å². The Labute approximate surface area is 145 Å². The number of methoxy groups -OCH3 is 1. The second kappa shape index (κ2) is 7.36. The Morgan fingerprint density at radius 2 is 1.75 bits per heavy atom. The first-order valence-electron chi connectivity index (χ1n) is 7.35. The highest BCUT2D eigenvalue weighted by molar-refractivity contribution is 6.33. The summed E-state index contributed by atoms with van der Waals surface area (Å²) in [6.45, 7) is 4.14. The van der Waals surface area contributed by atoms with E-state index in [1.165, 1.54) is 19.2 Å². The minimum atomic E-state index is -1.14. The minimum Gasteiger partial charge on any atom is -0.493 e. The Bertz CT molecular complexity index is 769. The van der Waals surface area contributed by atoms with E-state index in [9.17, 15) is 9.59 Å². The second-order valence-corrected chi connectivity index (χ2v) is 5.98. The van der Waals surface area contributed by atoms with Crippen LogP contribution in [0.3, 0.4) is 0 Å². The molecule has 2 rings (SSSR count). The minimum absolute atomic E-state index is 0.0359. The molecule has 6 heteroatoms. The van der Waals surface area contributed by atoms with Gasteiger partial charge in [-0.05, 0) is 35.7 Å². The number of amides is 1. The number of carbonyl (C=O) groups excluding carboxylic acids is 1. The van der Waals surface area contributed by atoms with Gasteiger partial charge in [-0.25, -0.2) is 4.79 Å². The van der Waals surface area contributed by atoms with Crippen molar-refractivity contribution in [3.8, 4) is 5.75 Å². The zero-order chi connectivity index (χ0) is 17.9. The van der Waals surface area contributed by atoms with E-state index < -0.39 is 5.97 Å². The normalized spacial score (nSPS) is 10.5. The molecule has 0 radical (unpaired) electrons. The lowest BCUT2D eigenvalue weighted by molar-refractivity contribution is 0.0696. The van der Waals surface area contributed by atoms with Crippen LogP contribution < -0.4 is 10.1 Å². The van der Waals surface area contributed by atoms with Crippen LogP contribution in [0.5, 0.6) is 5.75 Å². The quantitative estimate of drug-likeness (QED) is 0.839. The highest BCUT2D eigenvalue weighted by atomic mass is 35.5. The van der Waals surface area contributed by atoms with Crippen LogP contribution in [-0.2, 0) is 0 Å². The number of carbonyl (C=O) groups is 2. The Kier molecular flexibility index (Phi) is 5.46. The lowest BCUT2D eigenvalue weighted by Crippen LogP contribution is -2.13. The summed E-state index contributed by atoms with van der Waals surface area (Å²) in [4.78, 5) is 23.5. The number of nitrogens with one attached hydrogen (secondary N) is 1. The Morgan fingerprint density at radius 3 is 2.25 bits per heavy atom. The number of rotatable bonds is 5. The third-order valence-corrected chi connectivity index (χ3v) is 3.86. The molecule has 0 saturated heterocycles. The summed E-state index contributed by atoms with van der Waals surface area (Å²) in [6.07, 6.45) is 0. The van der Waals surface area contributed by atoms with E-state index in [1.807, 2.05) is 12.1 Å². The van der Waals surface area contributed by atoms with Crippen LogP contribution in [0.2, 0.25) is 5.02 Å². The van der Waals surface area contributed by atoms with Crippen LogP contribution in [0.25, 0.3) is 0 Å². The van der Waals surface area contributed by atoms with E-state index in [2.05, 4.69) is 19.2 Å². The van der Waals surface area contributed by atoms with Gasteiger partial charge in [-0.2, -0.15) is 0 Å². The second-order valence-electron chi connectivity index (χ2n) is 5.57. The van der Waals surface area contributed by atoms with Crippen molar-refractivity contribution in [1.82, 2.24) is 0 Å². The van der Waals surface area contributed by atoms with Gasteiger partial charge < -0.3 is 15.2 Å². The Hall–Kier alpha value is -2.53. The number of aromatic carboxylic acids is 1. The smallest absolute Gasteiger partial charge is 0.335 e. The maximum absolute atomic E-state index is 12.4. The molecule has 2 aromatic carbocycles. The summed E-state index contributed by atoms with van der Waals surface area (Å²) in [5.41, 5.74) is 1.75. The molecule has 2 N–H and O–H groups in total. The number of carboxylic acids is 1. The van der Waals surface area contributed by atoms with Crippen LogP contribution >= 0.6 is 11.6 Å². The summed E-state index contributed by atoms with van der Waals surface area (Å²) in [5, 5.41) is 11.9. The van der Waals surface area contributed by atoms with Crippen molar-refractivity contribution in [3.63, 3.8) is 0 Å². The molecule has 5 nitrogen and oxygen atoms in total. The van der Waals surface area contributed by atoms with Crippen molar-refractivity contribution in [2.45, 2.75) is 19.8 Å². The van der Waals surface area contributed by atoms with Gasteiger partial charge in [0.15, 0.2) is 5.75 Å². The molecule has 0 fully saturated rings. The summed E-state index contributed by atoms with van der Waals surface area (Å²) in [5.74, 6) is -0.930.